The number of hydrogen-bond donors (Lipinski definition) is 0. The molecule has 4 nitrogen and oxygen atoms in total. The second kappa shape index (κ2) is 6.51. The van der Waals surface area contributed by atoms with E-state index in [9.17, 15) is 13.7 Å². The predicted octanol–water partition coefficient (Wildman–Crippen LogP) is 3.73. The Kier molecular flexibility index (Phi) is 4.44. The second-order valence-electron chi connectivity index (χ2n) is 5.85. The topological polar surface area (TPSA) is 70.8 Å². The van der Waals surface area contributed by atoms with Crippen LogP contribution in [0.5, 0.6) is 0 Å². The van der Waals surface area contributed by atoms with Gasteiger partial charge in [0.05, 0.1) is 5.25 Å². The van der Waals surface area contributed by atoms with Crippen molar-refractivity contribution in [2.24, 2.45) is 0 Å². The van der Waals surface area contributed by atoms with Gasteiger partial charge in [-0.1, -0.05) is 49.6 Å². The van der Waals surface area contributed by atoms with E-state index >= 15 is 0 Å². The summed E-state index contributed by atoms with van der Waals surface area (Å²) in [5.74, 6) is 0. The number of sulfone groups is 1. The van der Waals surface area contributed by atoms with Crippen LogP contribution in [0.4, 0.5) is 0 Å². The van der Waals surface area contributed by atoms with Crippen LogP contribution in [-0.4, -0.2) is 18.7 Å². The highest BCUT2D eigenvalue weighted by atomic mass is 32.2. The minimum absolute atomic E-state index is 0.00439. The Hall–Kier alpha value is -2.19. The van der Waals surface area contributed by atoms with Crippen LogP contribution in [0.3, 0.4) is 0 Å². The molecule has 0 N–H and O–H groups in total. The molecule has 3 rings (SSSR count). The molecular weight excluding hydrogens is 308 g/mol. The lowest BCUT2D eigenvalue weighted by Gasteiger charge is -2.22. The van der Waals surface area contributed by atoms with Gasteiger partial charge in [0.2, 0.25) is 0 Å². The normalized spacial score (nSPS) is 16.0. The molecule has 5 heteroatoms. The summed E-state index contributed by atoms with van der Waals surface area (Å²) in [6.07, 6.45) is 5.84. The summed E-state index contributed by atoms with van der Waals surface area (Å²) < 4.78 is 25.9. The van der Waals surface area contributed by atoms with E-state index in [0.29, 0.717) is 12.8 Å². The molecular formula is C18H18N2O2S. The molecule has 1 aliphatic rings. The van der Waals surface area contributed by atoms with Crippen LogP contribution >= 0.6 is 0 Å². The molecule has 0 aliphatic heterocycles. The molecule has 0 amide bonds. The monoisotopic (exact) mass is 326 g/mol. The molecule has 0 bridgehead atoms. The molecule has 2 aromatic rings. The number of pyridine rings is 1. The van der Waals surface area contributed by atoms with Crippen molar-refractivity contribution >= 4 is 9.84 Å². The average molecular weight is 326 g/mol. The van der Waals surface area contributed by atoms with E-state index < -0.39 is 15.1 Å². The van der Waals surface area contributed by atoms with Gasteiger partial charge in [0, 0.05) is 11.8 Å². The van der Waals surface area contributed by atoms with E-state index in [2.05, 4.69) is 4.98 Å². The van der Waals surface area contributed by atoms with Crippen molar-refractivity contribution in [3.8, 4) is 17.2 Å². The lowest BCUT2D eigenvalue weighted by atomic mass is 10.0. The summed E-state index contributed by atoms with van der Waals surface area (Å²) in [7, 11) is -3.52. The van der Waals surface area contributed by atoms with E-state index in [1.54, 1.807) is 12.3 Å². The maximum atomic E-state index is 13.0. The fourth-order valence-electron chi connectivity index (χ4n) is 3.09. The van der Waals surface area contributed by atoms with Gasteiger partial charge in [0.15, 0.2) is 15.5 Å². The Balaban J connectivity index is 2.08. The molecule has 1 aromatic heterocycles. The molecule has 1 heterocycles. The van der Waals surface area contributed by atoms with Crippen LogP contribution in [0.2, 0.25) is 0 Å². The van der Waals surface area contributed by atoms with Gasteiger partial charge in [0.1, 0.15) is 11.0 Å². The van der Waals surface area contributed by atoms with Gasteiger partial charge in [-0.15, -0.1) is 0 Å². The summed E-state index contributed by atoms with van der Waals surface area (Å²) in [5, 5.41) is 8.87. The van der Waals surface area contributed by atoms with Crippen LogP contribution < -0.4 is 0 Å². The Morgan fingerprint density at radius 3 is 2.39 bits per heavy atom. The standard InChI is InChI=1S/C18H18N2O2S/c19-12-17-18(23(21,22)16-9-5-2-6-10-16)11-15(13-20-17)14-7-3-1-4-8-14/h1,3-4,7-8,11,13,16H,2,5-6,9-10H2. The van der Waals surface area contributed by atoms with Crippen molar-refractivity contribution in [3.05, 3.63) is 48.3 Å². The third-order valence-electron chi connectivity index (χ3n) is 4.36. The Labute approximate surface area is 136 Å². The minimum Gasteiger partial charge on any atom is -0.244 e. The summed E-state index contributed by atoms with van der Waals surface area (Å²) in [4.78, 5) is 4.17. The van der Waals surface area contributed by atoms with Crippen molar-refractivity contribution in [1.82, 2.24) is 4.98 Å². The van der Waals surface area contributed by atoms with E-state index in [-0.39, 0.29) is 10.6 Å². The van der Waals surface area contributed by atoms with E-state index in [1.807, 2.05) is 36.4 Å². The van der Waals surface area contributed by atoms with Gasteiger partial charge in [-0.05, 0) is 24.5 Å². The summed E-state index contributed by atoms with van der Waals surface area (Å²) >= 11 is 0. The number of rotatable bonds is 3. The molecule has 0 saturated heterocycles. The van der Waals surface area contributed by atoms with Crippen LogP contribution in [0.15, 0.2) is 47.5 Å². The molecule has 118 valence electrons. The number of hydrogen-bond acceptors (Lipinski definition) is 4. The largest absolute Gasteiger partial charge is 0.244 e. The minimum atomic E-state index is -3.52. The fraction of sp³-hybridized carbons (Fsp3) is 0.333. The van der Waals surface area contributed by atoms with Crippen molar-refractivity contribution in [3.63, 3.8) is 0 Å². The first-order valence-corrected chi connectivity index (χ1v) is 9.37. The van der Waals surface area contributed by atoms with Crippen molar-refractivity contribution in [2.75, 3.05) is 0 Å². The number of aromatic nitrogens is 1. The predicted molar refractivity (Wildman–Crippen MR) is 88.4 cm³/mol. The maximum Gasteiger partial charge on any atom is 0.184 e. The van der Waals surface area contributed by atoms with Crippen molar-refractivity contribution < 1.29 is 8.42 Å². The zero-order valence-corrected chi connectivity index (χ0v) is 13.6. The number of nitriles is 1. The summed E-state index contributed by atoms with van der Waals surface area (Å²) in [5.41, 5.74) is 1.61. The zero-order chi connectivity index (χ0) is 16.3. The average Bonchev–Trinajstić information content (AvgIpc) is 2.62. The molecule has 0 unspecified atom stereocenters. The Bertz CT molecular complexity index is 833. The molecule has 1 fully saturated rings. The Morgan fingerprint density at radius 1 is 1.04 bits per heavy atom. The van der Waals surface area contributed by atoms with Crippen LogP contribution in [0.1, 0.15) is 37.8 Å². The first-order chi connectivity index (χ1) is 11.1. The molecule has 1 saturated carbocycles. The van der Waals surface area contributed by atoms with E-state index in [1.165, 1.54) is 0 Å². The van der Waals surface area contributed by atoms with Crippen molar-refractivity contribution in [2.45, 2.75) is 42.2 Å². The highest BCUT2D eigenvalue weighted by molar-refractivity contribution is 7.92. The van der Waals surface area contributed by atoms with Gasteiger partial charge in [0.25, 0.3) is 0 Å². The van der Waals surface area contributed by atoms with Crippen LogP contribution in [0.25, 0.3) is 11.1 Å². The first-order valence-electron chi connectivity index (χ1n) is 7.82. The molecule has 23 heavy (non-hydrogen) atoms. The van der Waals surface area contributed by atoms with E-state index in [0.717, 1.165) is 30.4 Å². The Morgan fingerprint density at radius 2 is 1.74 bits per heavy atom. The molecule has 0 spiro atoms. The molecule has 1 aromatic carbocycles. The molecule has 1 aliphatic carbocycles. The van der Waals surface area contributed by atoms with Crippen LogP contribution in [-0.2, 0) is 9.84 Å². The van der Waals surface area contributed by atoms with Gasteiger partial charge < -0.3 is 0 Å². The third kappa shape index (κ3) is 3.13. The lowest BCUT2D eigenvalue weighted by Crippen LogP contribution is -2.25. The maximum absolute atomic E-state index is 13.0. The highest BCUT2D eigenvalue weighted by Gasteiger charge is 2.31. The highest BCUT2D eigenvalue weighted by Crippen LogP contribution is 2.31. The number of nitrogens with zero attached hydrogens (tertiary/aromatic N) is 2. The van der Waals surface area contributed by atoms with Gasteiger partial charge in [-0.25, -0.2) is 13.4 Å². The quantitative estimate of drug-likeness (QED) is 0.861. The van der Waals surface area contributed by atoms with Crippen molar-refractivity contribution in [1.29, 1.82) is 5.26 Å². The van der Waals surface area contributed by atoms with Gasteiger partial charge in [-0.2, -0.15) is 5.26 Å². The van der Waals surface area contributed by atoms with Gasteiger partial charge in [-0.3, -0.25) is 0 Å². The molecule has 0 radical (unpaired) electrons. The lowest BCUT2D eigenvalue weighted by molar-refractivity contribution is 0.483. The first kappa shape index (κ1) is 15.7. The number of benzene rings is 1. The zero-order valence-electron chi connectivity index (χ0n) is 12.8. The van der Waals surface area contributed by atoms with E-state index in [4.69, 9.17) is 0 Å². The third-order valence-corrected chi connectivity index (χ3v) is 6.64. The fourth-order valence-corrected chi connectivity index (χ4v) is 5.06. The smallest absolute Gasteiger partial charge is 0.184 e. The van der Waals surface area contributed by atoms with Gasteiger partial charge >= 0.3 is 0 Å². The summed E-state index contributed by atoms with van der Waals surface area (Å²) in [6.45, 7) is 0. The van der Waals surface area contributed by atoms with Crippen LogP contribution in [0, 0.1) is 11.3 Å². The SMILES string of the molecule is N#Cc1ncc(-c2ccccc2)cc1S(=O)(=O)C1CCCCC1. The molecule has 0 atom stereocenters. The second-order valence-corrected chi connectivity index (χ2v) is 8.05. The summed E-state index contributed by atoms with van der Waals surface area (Å²) in [6, 6.07) is 13.0.